The van der Waals surface area contributed by atoms with Gasteiger partial charge in [0.1, 0.15) is 0 Å². The number of carbonyl (C=O) groups is 1. The summed E-state index contributed by atoms with van der Waals surface area (Å²) in [7, 11) is -1.91. The molecular weight excluding hydrogens is 280 g/mol. The Morgan fingerprint density at radius 1 is 1.52 bits per heavy atom. The summed E-state index contributed by atoms with van der Waals surface area (Å²) in [5.74, 6) is -0.172. The molecule has 1 N–H and O–H groups in total. The van der Waals surface area contributed by atoms with Crippen molar-refractivity contribution >= 4 is 14.2 Å². The number of carbonyl (C=O) groups excluding carboxylic acids is 1. The molecule has 0 radical (unpaired) electrons. The van der Waals surface area contributed by atoms with E-state index in [1.807, 2.05) is 6.92 Å². The number of nitriles is 1. The van der Waals surface area contributed by atoms with Crippen molar-refractivity contribution < 1.29 is 9.22 Å². The van der Waals surface area contributed by atoms with E-state index < -0.39 is 8.32 Å². The van der Waals surface area contributed by atoms with Gasteiger partial charge in [0.25, 0.3) is 0 Å². The topological polar surface area (TPSA) is 62.1 Å². The van der Waals surface area contributed by atoms with Gasteiger partial charge in [-0.2, -0.15) is 5.26 Å². The van der Waals surface area contributed by atoms with Gasteiger partial charge < -0.3 is 9.74 Å². The molecule has 0 spiro atoms. The van der Waals surface area contributed by atoms with Gasteiger partial charge in [-0.15, -0.1) is 6.58 Å². The van der Waals surface area contributed by atoms with E-state index in [9.17, 15) is 4.79 Å². The lowest BCUT2D eigenvalue weighted by Gasteiger charge is -2.47. The zero-order valence-electron chi connectivity index (χ0n) is 14.1. The molecule has 118 valence electrons. The van der Waals surface area contributed by atoms with Crippen molar-refractivity contribution in [1.82, 2.24) is 5.32 Å². The van der Waals surface area contributed by atoms with Gasteiger partial charge in [0.05, 0.1) is 24.1 Å². The fourth-order valence-electron chi connectivity index (χ4n) is 2.47. The van der Waals surface area contributed by atoms with Gasteiger partial charge in [0.2, 0.25) is 5.91 Å². The Bertz CT molecular complexity index is 448. The minimum absolute atomic E-state index is 0.0110. The molecule has 4 atom stereocenters. The number of rotatable bonds is 6. The van der Waals surface area contributed by atoms with Crippen LogP contribution in [0.5, 0.6) is 0 Å². The van der Waals surface area contributed by atoms with E-state index in [0.29, 0.717) is 6.42 Å². The number of nitrogens with one attached hydrogen (secondary N) is 1. The molecule has 0 aromatic carbocycles. The number of hydrogen-bond donors (Lipinski definition) is 1. The summed E-state index contributed by atoms with van der Waals surface area (Å²) in [6.07, 6.45) is 2.00. The van der Waals surface area contributed by atoms with Crippen LogP contribution >= 0.6 is 0 Å². The van der Waals surface area contributed by atoms with E-state index in [1.165, 1.54) is 0 Å². The Labute approximate surface area is 129 Å². The Kier molecular flexibility index (Phi) is 5.40. The zero-order chi connectivity index (χ0) is 16.4. The molecule has 1 heterocycles. The number of nitrogens with zero attached hydrogens (tertiary/aromatic N) is 1. The molecule has 1 fully saturated rings. The van der Waals surface area contributed by atoms with E-state index in [4.69, 9.17) is 9.69 Å². The molecule has 0 unspecified atom stereocenters. The van der Waals surface area contributed by atoms with Gasteiger partial charge in [-0.1, -0.05) is 26.8 Å². The van der Waals surface area contributed by atoms with E-state index in [-0.39, 0.29) is 34.9 Å². The maximum Gasteiger partial charge on any atom is 0.228 e. The Morgan fingerprint density at radius 3 is 2.48 bits per heavy atom. The number of amides is 1. The molecule has 0 aliphatic carbocycles. The number of β-lactam (4-membered cyclic amide) rings is 1. The molecule has 1 aliphatic heterocycles. The summed E-state index contributed by atoms with van der Waals surface area (Å²) in [5.41, 5.74) is 0. The van der Waals surface area contributed by atoms with Gasteiger partial charge in [-0.25, -0.2) is 0 Å². The lowest BCUT2D eigenvalue weighted by atomic mass is 9.77. The number of hydrogen-bond acceptors (Lipinski definition) is 3. The molecule has 1 aliphatic rings. The molecule has 21 heavy (non-hydrogen) atoms. The van der Waals surface area contributed by atoms with Gasteiger partial charge >= 0.3 is 0 Å². The molecule has 0 saturated carbocycles. The minimum atomic E-state index is -1.91. The quantitative estimate of drug-likeness (QED) is 0.465. The largest absolute Gasteiger partial charge is 0.413 e. The van der Waals surface area contributed by atoms with Crippen LogP contribution in [0, 0.1) is 23.2 Å². The normalized spacial score (nSPS) is 25.3. The van der Waals surface area contributed by atoms with Crippen molar-refractivity contribution in [2.45, 2.75) is 64.4 Å². The lowest BCUT2D eigenvalue weighted by molar-refractivity contribution is -0.141. The van der Waals surface area contributed by atoms with Crippen LogP contribution in [0.4, 0.5) is 0 Å². The Balaban J connectivity index is 2.81. The second kappa shape index (κ2) is 6.33. The van der Waals surface area contributed by atoms with Crippen LogP contribution in [0.1, 0.15) is 34.1 Å². The van der Waals surface area contributed by atoms with Crippen LogP contribution < -0.4 is 5.32 Å². The van der Waals surface area contributed by atoms with Crippen LogP contribution in [0.25, 0.3) is 0 Å². The highest BCUT2D eigenvalue weighted by Gasteiger charge is 2.49. The molecule has 0 aromatic rings. The highest BCUT2D eigenvalue weighted by atomic mass is 28.4. The predicted octanol–water partition coefficient (Wildman–Crippen LogP) is 3.23. The maximum atomic E-state index is 11.9. The van der Waals surface area contributed by atoms with Crippen LogP contribution in [0.3, 0.4) is 0 Å². The fraction of sp³-hybridized carbons (Fsp3) is 0.750. The van der Waals surface area contributed by atoms with Crippen LogP contribution in [-0.4, -0.2) is 26.4 Å². The summed E-state index contributed by atoms with van der Waals surface area (Å²) in [4.78, 5) is 11.9. The van der Waals surface area contributed by atoms with Crippen LogP contribution in [0.2, 0.25) is 18.1 Å². The third-order valence-electron chi connectivity index (χ3n) is 4.88. The standard InChI is InChI=1S/C16H28N2O2Si/c1-8-12(9-10-17)14-13(15(19)18-14)11(2)20-21(6,7)16(3,4)5/h8,11-14H,1,9H2,2-7H3,(H,18,19)/t11-,12+,13-,14-/m1/s1. The predicted molar refractivity (Wildman–Crippen MR) is 87.1 cm³/mol. The fourth-order valence-corrected chi connectivity index (χ4v) is 3.90. The minimum Gasteiger partial charge on any atom is -0.413 e. The molecule has 4 nitrogen and oxygen atoms in total. The maximum absolute atomic E-state index is 11.9. The summed E-state index contributed by atoms with van der Waals surface area (Å²) >= 11 is 0. The van der Waals surface area contributed by atoms with E-state index in [0.717, 1.165) is 0 Å². The molecule has 0 bridgehead atoms. The molecule has 1 rings (SSSR count). The van der Waals surface area contributed by atoms with Crippen molar-refractivity contribution in [1.29, 1.82) is 5.26 Å². The third kappa shape index (κ3) is 3.75. The van der Waals surface area contributed by atoms with Crippen molar-refractivity contribution in [3.05, 3.63) is 12.7 Å². The summed E-state index contributed by atoms with van der Waals surface area (Å²) in [6.45, 7) is 16.7. The monoisotopic (exact) mass is 308 g/mol. The van der Waals surface area contributed by atoms with Crippen LogP contribution in [-0.2, 0) is 9.22 Å². The SMILES string of the molecule is C=C[C@@H](CC#N)[C@H]1NC(=O)[C@@H]1[C@@H](C)O[Si](C)(C)C(C)(C)C. The van der Waals surface area contributed by atoms with Gasteiger partial charge in [-0.05, 0) is 25.1 Å². The first-order valence-electron chi connectivity index (χ1n) is 7.53. The van der Waals surface area contributed by atoms with Crippen molar-refractivity contribution in [3.8, 4) is 6.07 Å². The van der Waals surface area contributed by atoms with Gasteiger partial charge in [0, 0.05) is 12.3 Å². The third-order valence-corrected chi connectivity index (χ3v) is 9.46. The average molecular weight is 308 g/mol. The van der Waals surface area contributed by atoms with E-state index in [1.54, 1.807) is 6.08 Å². The Morgan fingerprint density at radius 2 is 2.10 bits per heavy atom. The zero-order valence-corrected chi connectivity index (χ0v) is 15.1. The average Bonchev–Trinajstić information content (AvgIpc) is 2.31. The summed E-state index contributed by atoms with van der Waals surface area (Å²) < 4.78 is 6.34. The van der Waals surface area contributed by atoms with Crippen molar-refractivity contribution in [2.24, 2.45) is 11.8 Å². The molecule has 5 heteroatoms. The molecular formula is C16H28N2O2Si. The van der Waals surface area contributed by atoms with Crippen molar-refractivity contribution in [3.63, 3.8) is 0 Å². The van der Waals surface area contributed by atoms with Crippen molar-refractivity contribution in [2.75, 3.05) is 0 Å². The highest BCUT2D eigenvalue weighted by molar-refractivity contribution is 6.74. The molecule has 1 saturated heterocycles. The smallest absolute Gasteiger partial charge is 0.228 e. The van der Waals surface area contributed by atoms with Crippen LogP contribution in [0.15, 0.2) is 12.7 Å². The second-order valence-corrected chi connectivity index (χ2v) is 12.2. The summed E-state index contributed by atoms with van der Waals surface area (Å²) in [5, 5.41) is 11.9. The second-order valence-electron chi connectivity index (χ2n) is 7.41. The lowest BCUT2D eigenvalue weighted by Crippen LogP contribution is -2.66. The first-order valence-corrected chi connectivity index (χ1v) is 10.4. The van der Waals surface area contributed by atoms with Gasteiger partial charge in [-0.3, -0.25) is 4.79 Å². The molecule has 1 amide bonds. The van der Waals surface area contributed by atoms with Gasteiger partial charge in [0.15, 0.2) is 8.32 Å². The van der Waals surface area contributed by atoms with E-state index >= 15 is 0 Å². The summed E-state index contributed by atoms with van der Waals surface area (Å²) in [6, 6.07) is 2.13. The van der Waals surface area contributed by atoms with E-state index in [2.05, 4.69) is 51.8 Å². The first-order chi connectivity index (χ1) is 9.55. The highest BCUT2D eigenvalue weighted by Crippen LogP contribution is 2.39. The first kappa shape index (κ1) is 17.9. The Hall–Kier alpha value is -1.12. The molecule has 0 aromatic heterocycles.